The molecule has 0 saturated carbocycles. The summed E-state index contributed by atoms with van der Waals surface area (Å²) in [5.74, 6) is 1.02. The molecule has 6 N–H and O–H groups in total. The quantitative estimate of drug-likeness (QED) is 0.0530. The second-order valence-electron chi connectivity index (χ2n) is 21.2. The number of benzene rings is 3. The van der Waals surface area contributed by atoms with Gasteiger partial charge in [0.2, 0.25) is 0 Å². The van der Waals surface area contributed by atoms with E-state index in [1.807, 2.05) is 175 Å². The number of hydrogen-bond donors (Lipinski definition) is 5. The van der Waals surface area contributed by atoms with Crippen LogP contribution in [0.4, 0.5) is 17.5 Å². The Balaban J connectivity index is 0.000000146. The molecule has 3 aromatic carbocycles. The maximum atomic E-state index is 11.4. The zero-order valence-electron chi connectivity index (χ0n) is 51.7. The van der Waals surface area contributed by atoms with Crippen LogP contribution in [0.3, 0.4) is 0 Å². The Morgan fingerprint density at radius 3 is 1.03 bits per heavy atom. The summed E-state index contributed by atoms with van der Waals surface area (Å²) in [5.41, 5.74) is 13.6. The number of carboxylic acid groups (broad SMARTS) is 2. The number of nitrogens with zero attached hydrogens (tertiary/aromatic N) is 16. The van der Waals surface area contributed by atoms with Gasteiger partial charge in [-0.3, -0.25) is 29.9 Å². The van der Waals surface area contributed by atoms with Gasteiger partial charge in [0.05, 0.1) is 53.4 Å². The fraction of sp³-hybridized carbons (Fsp3) is 0.0417. The summed E-state index contributed by atoms with van der Waals surface area (Å²) in [6.45, 7) is 1.46. The molecular formula is C72H54KN19O5. The summed E-state index contributed by atoms with van der Waals surface area (Å²) in [5, 5.41) is 52.0. The van der Waals surface area contributed by atoms with Crippen LogP contribution in [-0.2, 0) is 19.6 Å². The third-order valence-corrected chi connectivity index (χ3v) is 14.9. The zero-order valence-corrected chi connectivity index (χ0v) is 54.8. The van der Waals surface area contributed by atoms with Crippen molar-refractivity contribution in [3.05, 3.63) is 290 Å². The van der Waals surface area contributed by atoms with Crippen molar-refractivity contribution in [2.45, 2.75) is 19.6 Å². The standard InChI is InChI=1S/C24H17N7.2C24H18N6O2.K.H2O/c25-13-17-12-19(15-26-14-17)23-29-24(28-16-20-8-4-5-10-27-20)22-21(9-11-31(22)30-23)18-6-2-1-3-7-18;2*31-24(32)18-12-17(13-25-14-18)22-28-23(27-15-19-8-4-5-10-26-19)21-20(9-11-30(21)29-22)16-6-2-1-3-7-16;;/h1-12,14-15H,16H2,(H,28,29,30);2*1-14H,15H2,(H,31,32)(H,27,28,29);;1H2/q;;;+1;/p-1. The summed E-state index contributed by atoms with van der Waals surface area (Å²) < 4.78 is 5.31. The van der Waals surface area contributed by atoms with Gasteiger partial charge in [0.1, 0.15) is 22.6 Å². The first-order valence-electron chi connectivity index (χ1n) is 29.7. The van der Waals surface area contributed by atoms with Crippen LogP contribution in [0.15, 0.2) is 256 Å². The minimum atomic E-state index is -1.05. The summed E-state index contributed by atoms with van der Waals surface area (Å²) in [6, 6.07) is 60.3. The maximum absolute atomic E-state index is 11.4. The van der Waals surface area contributed by atoms with Crippen LogP contribution in [0.1, 0.15) is 43.4 Å². The molecule has 0 saturated heterocycles. The number of nitriles is 1. The molecule has 24 nitrogen and oxygen atoms in total. The Bertz CT molecular complexity index is 5020. The van der Waals surface area contributed by atoms with Gasteiger partial charge in [-0.25, -0.2) is 38.1 Å². The normalized spacial score (nSPS) is 10.6. The van der Waals surface area contributed by atoms with Crippen LogP contribution in [0.25, 0.3) is 84.1 Å². The predicted molar refractivity (Wildman–Crippen MR) is 360 cm³/mol. The molecule has 25 heteroatoms. The Hall–Kier alpha value is -12.2. The third-order valence-electron chi connectivity index (χ3n) is 14.9. The van der Waals surface area contributed by atoms with E-state index in [4.69, 9.17) is 15.0 Å². The first-order chi connectivity index (χ1) is 46.7. The number of rotatable bonds is 17. The molecule has 0 spiro atoms. The predicted octanol–water partition coefficient (Wildman–Crippen LogP) is 9.49. The molecule has 0 aliphatic carbocycles. The first-order valence-corrected chi connectivity index (χ1v) is 29.7. The van der Waals surface area contributed by atoms with Crippen molar-refractivity contribution in [2.75, 3.05) is 16.0 Å². The summed E-state index contributed by atoms with van der Waals surface area (Å²) in [7, 11) is 0. The largest absolute Gasteiger partial charge is 1.00 e. The summed E-state index contributed by atoms with van der Waals surface area (Å²) >= 11 is 0. The third kappa shape index (κ3) is 15.6. The number of aromatic carboxylic acids is 2. The van der Waals surface area contributed by atoms with Crippen LogP contribution in [0.5, 0.6) is 0 Å². The molecule has 15 aromatic rings. The summed E-state index contributed by atoms with van der Waals surface area (Å²) in [6.07, 6.45) is 19.8. The van der Waals surface area contributed by atoms with Crippen molar-refractivity contribution < 1.29 is 76.7 Å². The van der Waals surface area contributed by atoms with Crippen molar-refractivity contribution in [1.82, 2.24) is 73.7 Å². The molecule has 0 amide bonds. The fourth-order valence-electron chi connectivity index (χ4n) is 10.4. The molecule has 0 unspecified atom stereocenters. The first kappa shape index (κ1) is 66.3. The van der Waals surface area contributed by atoms with Crippen LogP contribution in [-0.4, -0.2) is 101 Å². The molecule has 0 atom stereocenters. The zero-order chi connectivity index (χ0) is 64.9. The maximum Gasteiger partial charge on any atom is 1.00 e. The SMILES string of the molecule is N#Cc1cncc(-c2nc(NCc3ccccn3)c3c(-c4ccccc4)ccn3n2)c1.O=C(O)c1cncc(-c2nc(NCc3ccccn3)c3c(-c4ccccc4)ccn3n2)c1.O=C(O)c1cncc(-c2nc(NCc3ccccn3)c3c(-c4ccccc4)ccn3n2)c1.[K+].[OH-]. The van der Waals surface area contributed by atoms with Gasteiger partial charge in [0, 0.05) is 108 Å². The monoisotopic (exact) mass is 1300 g/mol. The Morgan fingerprint density at radius 2 is 0.722 bits per heavy atom. The molecule has 0 fully saturated rings. The van der Waals surface area contributed by atoms with Gasteiger partial charge in [-0.15, -0.1) is 15.3 Å². The minimum Gasteiger partial charge on any atom is -0.870 e. The van der Waals surface area contributed by atoms with Crippen molar-refractivity contribution in [3.63, 3.8) is 0 Å². The number of anilines is 3. The molecular weight excluding hydrogens is 1250 g/mol. The van der Waals surface area contributed by atoms with Gasteiger partial charge in [-0.1, -0.05) is 109 Å². The number of nitrogens with one attached hydrogen (secondary N) is 3. The number of fused-ring (bicyclic) bond motifs is 3. The topological polar surface area (TPSA) is 332 Å². The molecule has 97 heavy (non-hydrogen) atoms. The number of carbonyl (C=O) groups is 2. The fourth-order valence-corrected chi connectivity index (χ4v) is 10.4. The van der Waals surface area contributed by atoms with E-state index in [1.54, 1.807) is 52.3 Å². The van der Waals surface area contributed by atoms with Crippen molar-refractivity contribution in [2.24, 2.45) is 0 Å². The van der Waals surface area contributed by atoms with E-state index in [1.165, 1.54) is 30.7 Å². The number of carboxylic acids is 2. The average molecular weight is 1300 g/mol. The molecule has 0 bridgehead atoms. The molecule has 12 heterocycles. The molecule has 0 aliphatic rings. The van der Waals surface area contributed by atoms with Crippen LogP contribution >= 0.6 is 0 Å². The van der Waals surface area contributed by atoms with E-state index in [-0.39, 0.29) is 68.0 Å². The van der Waals surface area contributed by atoms with Crippen molar-refractivity contribution in [1.29, 1.82) is 5.26 Å². The van der Waals surface area contributed by atoms with E-state index in [0.717, 1.165) is 67.0 Å². The molecule has 0 aliphatic heterocycles. The Morgan fingerprint density at radius 1 is 0.402 bits per heavy atom. The van der Waals surface area contributed by atoms with E-state index >= 15 is 0 Å². The van der Waals surface area contributed by atoms with Gasteiger partial charge >= 0.3 is 63.3 Å². The van der Waals surface area contributed by atoms with E-state index in [9.17, 15) is 25.1 Å². The second kappa shape index (κ2) is 31.2. The van der Waals surface area contributed by atoms with Crippen molar-refractivity contribution >= 4 is 45.9 Å². The molecule has 468 valence electrons. The van der Waals surface area contributed by atoms with Crippen LogP contribution in [0.2, 0.25) is 0 Å². The van der Waals surface area contributed by atoms with E-state index in [0.29, 0.717) is 76.8 Å². The van der Waals surface area contributed by atoms with Gasteiger partial charge in [0.25, 0.3) is 0 Å². The van der Waals surface area contributed by atoms with Gasteiger partial charge in [-0.05, 0) is 89.5 Å². The van der Waals surface area contributed by atoms with E-state index in [2.05, 4.69) is 79.4 Å². The summed E-state index contributed by atoms with van der Waals surface area (Å²) in [4.78, 5) is 62.4. The molecule has 12 aromatic heterocycles. The number of pyridine rings is 6. The van der Waals surface area contributed by atoms with E-state index < -0.39 is 11.9 Å². The smallest absolute Gasteiger partial charge is 0.870 e. The number of aromatic nitrogens is 15. The van der Waals surface area contributed by atoms with Gasteiger partial charge in [0.15, 0.2) is 34.9 Å². The Labute approximate surface area is 596 Å². The Kier molecular flexibility index (Phi) is 21.3. The molecule has 0 radical (unpaired) electrons. The second-order valence-corrected chi connectivity index (χ2v) is 21.2. The molecule has 15 rings (SSSR count). The van der Waals surface area contributed by atoms with Crippen molar-refractivity contribution in [3.8, 4) is 73.6 Å². The minimum absolute atomic E-state index is 0. The average Bonchev–Trinajstić information content (AvgIpc) is 1.70. The van der Waals surface area contributed by atoms with Crippen LogP contribution < -0.4 is 67.3 Å². The number of hydrogen-bond acceptors (Lipinski definition) is 19. The van der Waals surface area contributed by atoms with Gasteiger partial charge in [-0.2, -0.15) is 5.26 Å². The van der Waals surface area contributed by atoms with Gasteiger partial charge < -0.3 is 31.6 Å². The van der Waals surface area contributed by atoms with Crippen LogP contribution in [0, 0.1) is 11.3 Å².